The van der Waals surface area contributed by atoms with Crippen LogP contribution in [0.5, 0.6) is 0 Å². The molecule has 0 aliphatic carbocycles. The van der Waals surface area contributed by atoms with Crippen molar-refractivity contribution in [3.05, 3.63) is 24.0 Å². The summed E-state index contributed by atoms with van der Waals surface area (Å²) < 4.78 is 7.00. The van der Waals surface area contributed by atoms with Crippen molar-refractivity contribution in [2.45, 2.75) is 25.9 Å². The summed E-state index contributed by atoms with van der Waals surface area (Å²) >= 11 is 0. The Balaban J connectivity index is 2.05. The van der Waals surface area contributed by atoms with E-state index in [1.165, 1.54) is 0 Å². The average Bonchev–Trinajstić information content (AvgIpc) is 2.87. The van der Waals surface area contributed by atoms with Crippen molar-refractivity contribution in [1.82, 2.24) is 9.47 Å². The Morgan fingerprint density at radius 2 is 2.37 bits per heavy atom. The van der Waals surface area contributed by atoms with Gasteiger partial charge in [0.2, 0.25) is 0 Å². The van der Waals surface area contributed by atoms with Crippen LogP contribution in [-0.4, -0.2) is 48.2 Å². The number of nitrogens with two attached hydrogens (primary N) is 1. The third-order valence-electron chi connectivity index (χ3n) is 3.89. The molecule has 2 heterocycles. The maximum absolute atomic E-state index is 12.5. The predicted molar refractivity (Wildman–Crippen MR) is 74.0 cm³/mol. The lowest BCUT2D eigenvalue weighted by atomic mass is 9.94. The summed E-state index contributed by atoms with van der Waals surface area (Å²) in [7, 11) is 1.66. The van der Waals surface area contributed by atoms with Crippen LogP contribution >= 0.6 is 0 Å². The van der Waals surface area contributed by atoms with Crippen molar-refractivity contribution in [1.29, 1.82) is 0 Å². The fraction of sp³-hybridized carbons (Fsp3) is 0.643. The van der Waals surface area contributed by atoms with Crippen LogP contribution in [-0.2, 0) is 11.3 Å². The van der Waals surface area contributed by atoms with Gasteiger partial charge in [-0.15, -0.1) is 0 Å². The molecule has 2 N–H and O–H groups in total. The molecule has 5 nitrogen and oxygen atoms in total. The van der Waals surface area contributed by atoms with Gasteiger partial charge in [-0.3, -0.25) is 4.79 Å². The van der Waals surface area contributed by atoms with Gasteiger partial charge in [0.1, 0.15) is 5.69 Å². The molecule has 1 aliphatic rings. The quantitative estimate of drug-likeness (QED) is 0.881. The molecule has 2 unspecified atom stereocenters. The van der Waals surface area contributed by atoms with Gasteiger partial charge in [0.05, 0.1) is 6.61 Å². The first kappa shape index (κ1) is 14.1. The largest absolute Gasteiger partial charge is 0.383 e. The molecule has 0 radical (unpaired) electrons. The number of carbonyl (C=O) groups excluding carboxylic acids is 1. The van der Waals surface area contributed by atoms with E-state index in [-0.39, 0.29) is 11.9 Å². The minimum absolute atomic E-state index is 0.0726. The van der Waals surface area contributed by atoms with Gasteiger partial charge in [0.25, 0.3) is 5.91 Å². The molecule has 1 aliphatic heterocycles. The number of hydrogen-bond acceptors (Lipinski definition) is 3. The summed E-state index contributed by atoms with van der Waals surface area (Å²) in [5.41, 5.74) is 6.78. The van der Waals surface area contributed by atoms with E-state index in [1.54, 1.807) is 7.11 Å². The molecule has 2 rings (SSSR count). The highest BCUT2D eigenvalue weighted by Crippen LogP contribution is 2.18. The first-order chi connectivity index (χ1) is 9.13. The fourth-order valence-corrected chi connectivity index (χ4v) is 2.44. The fourth-order valence-electron chi connectivity index (χ4n) is 2.44. The lowest BCUT2D eigenvalue weighted by molar-refractivity contribution is 0.0659. The first-order valence-electron chi connectivity index (χ1n) is 6.82. The Hall–Kier alpha value is -1.33. The number of piperidine rings is 1. The third-order valence-corrected chi connectivity index (χ3v) is 3.89. The molecule has 106 valence electrons. The molecule has 1 saturated heterocycles. The maximum Gasteiger partial charge on any atom is 0.270 e. The van der Waals surface area contributed by atoms with E-state index < -0.39 is 0 Å². The van der Waals surface area contributed by atoms with Gasteiger partial charge in [-0.05, 0) is 24.5 Å². The zero-order chi connectivity index (χ0) is 13.8. The Morgan fingerprint density at radius 1 is 1.58 bits per heavy atom. The van der Waals surface area contributed by atoms with E-state index in [9.17, 15) is 4.79 Å². The zero-order valence-corrected chi connectivity index (χ0v) is 11.7. The van der Waals surface area contributed by atoms with E-state index in [0.717, 1.165) is 18.7 Å². The second kappa shape index (κ2) is 6.21. The smallest absolute Gasteiger partial charge is 0.270 e. The van der Waals surface area contributed by atoms with Gasteiger partial charge in [0, 0.05) is 39.0 Å². The number of carbonyl (C=O) groups is 1. The maximum atomic E-state index is 12.5. The van der Waals surface area contributed by atoms with E-state index >= 15 is 0 Å². The molecule has 0 bridgehead atoms. The summed E-state index contributed by atoms with van der Waals surface area (Å²) in [6, 6.07) is 3.84. The molecule has 1 amide bonds. The standard InChI is InChI=1S/C14H23N3O2/c1-11-5-7-17(10-12(11)15)14(18)13-4-3-6-16(13)8-9-19-2/h3-4,6,11-12H,5,7-10,15H2,1-2H3. The van der Waals surface area contributed by atoms with Gasteiger partial charge >= 0.3 is 0 Å². The van der Waals surface area contributed by atoms with Crippen LogP contribution in [0.2, 0.25) is 0 Å². The van der Waals surface area contributed by atoms with E-state index in [4.69, 9.17) is 10.5 Å². The molecular weight excluding hydrogens is 242 g/mol. The molecule has 1 fully saturated rings. The Morgan fingerprint density at radius 3 is 3.05 bits per heavy atom. The van der Waals surface area contributed by atoms with Crippen LogP contribution in [0.15, 0.2) is 18.3 Å². The molecule has 5 heteroatoms. The molecule has 1 aromatic heterocycles. The van der Waals surface area contributed by atoms with Crippen molar-refractivity contribution >= 4 is 5.91 Å². The van der Waals surface area contributed by atoms with Crippen LogP contribution in [0.1, 0.15) is 23.8 Å². The Labute approximate surface area is 114 Å². The topological polar surface area (TPSA) is 60.5 Å². The number of likely N-dealkylation sites (tertiary alicyclic amines) is 1. The van der Waals surface area contributed by atoms with Gasteiger partial charge < -0.3 is 19.9 Å². The highest BCUT2D eigenvalue weighted by Gasteiger charge is 2.27. The van der Waals surface area contributed by atoms with E-state index in [0.29, 0.717) is 25.6 Å². The second-order valence-corrected chi connectivity index (χ2v) is 5.26. The van der Waals surface area contributed by atoms with Crippen LogP contribution in [0.25, 0.3) is 0 Å². The first-order valence-corrected chi connectivity index (χ1v) is 6.82. The molecule has 19 heavy (non-hydrogen) atoms. The van der Waals surface area contributed by atoms with Crippen LogP contribution in [0, 0.1) is 5.92 Å². The van der Waals surface area contributed by atoms with E-state index in [2.05, 4.69) is 6.92 Å². The minimum Gasteiger partial charge on any atom is -0.383 e. The van der Waals surface area contributed by atoms with Crippen molar-refractivity contribution in [3.8, 4) is 0 Å². The number of amides is 1. The van der Waals surface area contributed by atoms with Gasteiger partial charge in [0.15, 0.2) is 0 Å². The number of nitrogens with zero attached hydrogens (tertiary/aromatic N) is 2. The number of rotatable bonds is 4. The van der Waals surface area contributed by atoms with E-state index in [1.807, 2.05) is 27.8 Å². The van der Waals surface area contributed by atoms with Crippen LogP contribution in [0.3, 0.4) is 0 Å². The normalized spacial score (nSPS) is 23.6. The number of methoxy groups -OCH3 is 1. The molecule has 1 aromatic rings. The molecule has 0 aromatic carbocycles. The molecule has 0 spiro atoms. The summed E-state index contributed by atoms with van der Waals surface area (Å²) in [5, 5.41) is 0. The minimum atomic E-state index is 0.0726. The third kappa shape index (κ3) is 3.16. The van der Waals surface area contributed by atoms with Crippen molar-refractivity contribution < 1.29 is 9.53 Å². The second-order valence-electron chi connectivity index (χ2n) is 5.26. The van der Waals surface area contributed by atoms with Gasteiger partial charge in [-0.1, -0.05) is 6.92 Å². The SMILES string of the molecule is COCCn1cccc1C(=O)N1CCC(C)C(N)C1. The van der Waals surface area contributed by atoms with Crippen LogP contribution in [0.4, 0.5) is 0 Å². The summed E-state index contributed by atoms with van der Waals surface area (Å²) in [5.74, 6) is 0.563. The monoisotopic (exact) mass is 265 g/mol. The number of ether oxygens (including phenoxy) is 1. The Bertz CT molecular complexity index is 430. The highest BCUT2D eigenvalue weighted by molar-refractivity contribution is 5.92. The molecular formula is C14H23N3O2. The lowest BCUT2D eigenvalue weighted by Gasteiger charge is -2.35. The summed E-state index contributed by atoms with van der Waals surface area (Å²) in [6.45, 7) is 4.89. The van der Waals surface area contributed by atoms with Crippen molar-refractivity contribution in [2.75, 3.05) is 26.8 Å². The molecule has 2 atom stereocenters. The zero-order valence-electron chi connectivity index (χ0n) is 11.7. The van der Waals surface area contributed by atoms with Crippen molar-refractivity contribution in [2.24, 2.45) is 11.7 Å². The van der Waals surface area contributed by atoms with Gasteiger partial charge in [-0.2, -0.15) is 0 Å². The predicted octanol–water partition coefficient (Wildman–Crippen LogP) is 0.944. The van der Waals surface area contributed by atoms with Crippen molar-refractivity contribution in [3.63, 3.8) is 0 Å². The van der Waals surface area contributed by atoms with Crippen LogP contribution < -0.4 is 5.73 Å². The highest BCUT2D eigenvalue weighted by atomic mass is 16.5. The van der Waals surface area contributed by atoms with Gasteiger partial charge in [-0.25, -0.2) is 0 Å². The number of aromatic nitrogens is 1. The number of hydrogen-bond donors (Lipinski definition) is 1. The average molecular weight is 265 g/mol. The Kier molecular flexibility index (Phi) is 4.61. The lowest BCUT2D eigenvalue weighted by Crippen LogP contribution is -2.50. The summed E-state index contributed by atoms with van der Waals surface area (Å²) in [4.78, 5) is 14.4. The molecule has 0 saturated carbocycles. The summed E-state index contributed by atoms with van der Waals surface area (Å²) in [6.07, 6.45) is 2.89.